The van der Waals surface area contributed by atoms with Crippen LogP contribution >= 0.6 is 15.9 Å². The quantitative estimate of drug-likeness (QED) is 0.862. The summed E-state index contributed by atoms with van der Waals surface area (Å²) in [6.07, 6.45) is 2.89. The first-order valence-electron chi connectivity index (χ1n) is 5.51. The van der Waals surface area contributed by atoms with E-state index in [0.717, 1.165) is 19.3 Å². The molecule has 5 nitrogen and oxygen atoms in total. The molecule has 0 saturated heterocycles. The number of aryl methyl sites for hydroxylation is 2. The predicted octanol–water partition coefficient (Wildman–Crippen LogP) is 1.89. The Labute approximate surface area is 109 Å². The van der Waals surface area contributed by atoms with E-state index in [-0.39, 0.29) is 15.8 Å². The SMILES string of the molecule is Cc1noc(C)c1S(=O)(=O)NC1CCCC1Br. The van der Waals surface area contributed by atoms with Gasteiger partial charge in [0.2, 0.25) is 10.0 Å². The van der Waals surface area contributed by atoms with E-state index >= 15 is 0 Å². The molecule has 0 amide bonds. The molecule has 1 aromatic heterocycles. The van der Waals surface area contributed by atoms with Crippen molar-refractivity contribution in [2.75, 3.05) is 0 Å². The highest BCUT2D eigenvalue weighted by atomic mass is 79.9. The van der Waals surface area contributed by atoms with E-state index in [4.69, 9.17) is 4.52 Å². The largest absolute Gasteiger partial charge is 0.360 e. The molecule has 0 aromatic carbocycles. The van der Waals surface area contributed by atoms with Gasteiger partial charge in [-0.15, -0.1) is 0 Å². The van der Waals surface area contributed by atoms with Crippen molar-refractivity contribution in [3.05, 3.63) is 11.5 Å². The predicted molar refractivity (Wildman–Crippen MR) is 66.7 cm³/mol. The molecular weight excluding hydrogens is 308 g/mol. The van der Waals surface area contributed by atoms with Gasteiger partial charge in [-0.25, -0.2) is 13.1 Å². The second-order valence-electron chi connectivity index (χ2n) is 4.33. The molecule has 7 heteroatoms. The smallest absolute Gasteiger partial charge is 0.246 e. The van der Waals surface area contributed by atoms with Crippen LogP contribution in [0.5, 0.6) is 0 Å². The molecule has 17 heavy (non-hydrogen) atoms. The monoisotopic (exact) mass is 322 g/mol. The molecule has 0 bridgehead atoms. The lowest BCUT2D eigenvalue weighted by Gasteiger charge is -2.15. The van der Waals surface area contributed by atoms with Crippen LogP contribution < -0.4 is 4.72 Å². The van der Waals surface area contributed by atoms with Crippen molar-refractivity contribution in [3.8, 4) is 0 Å². The van der Waals surface area contributed by atoms with Crippen molar-refractivity contribution in [2.24, 2.45) is 0 Å². The number of nitrogens with one attached hydrogen (secondary N) is 1. The van der Waals surface area contributed by atoms with E-state index in [2.05, 4.69) is 25.8 Å². The Hall–Kier alpha value is -0.400. The van der Waals surface area contributed by atoms with Crippen LogP contribution in [-0.2, 0) is 10.0 Å². The average molecular weight is 323 g/mol. The number of sulfonamides is 1. The Morgan fingerprint density at radius 2 is 2.12 bits per heavy atom. The minimum Gasteiger partial charge on any atom is -0.360 e. The second kappa shape index (κ2) is 4.70. The highest BCUT2D eigenvalue weighted by Crippen LogP contribution is 2.28. The third kappa shape index (κ3) is 2.56. The van der Waals surface area contributed by atoms with Crippen molar-refractivity contribution in [2.45, 2.75) is 48.9 Å². The summed E-state index contributed by atoms with van der Waals surface area (Å²) in [5, 5.41) is 3.67. The van der Waals surface area contributed by atoms with Crippen molar-refractivity contribution in [3.63, 3.8) is 0 Å². The molecule has 96 valence electrons. The van der Waals surface area contributed by atoms with Crippen LogP contribution in [0.1, 0.15) is 30.7 Å². The molecule has 2 rings (SSSR count). The minimum absolute atomic E-state index is 0.0475. The van der Waals surface area contributed by atoms with E-state index in [9.17, 15) is 8.42 Å². The standard InChI is InChI=1S/C10H15BrN2O3S/c1-6-10(7(2)16-12-6)17(14,15)13-9-5-3-4-8(9)11/h8-9,13H,3-5H2,1-2H3. The van der Waals surface area contributed by atoms with E-state index in [1.807, 2.05) is 0 Å². The average Bonchev–Trinajstić information content (AvgIpc) is 2.74. The molecular formula is C10H15BrN2O3S. The zero-order valence-electron chi connectivity index (χ0n) is 9.73. The summed E-state index contributed by atoms with van der Waals surface area (Å²) in [6.45, 7) is 3.24. The van der Waals surface area contributed by atoms with Gasteiger partial charge in [0.1, 0.15) is 10.6 Å². The second-order valence-corrected chi connectivity index (χ2v) is 7.15. The normalized spacial score (nSPS) is 25.4. The molecule has 1 aliphatic carbocycles. The van der Waals surface area contributed by atoms with Gasteiger partial charge in [-0.3, -0.25) is 0 Å². The molecule has 1 N–H and O–H groups in total. The highest BCUT2D eigenvalue weighted by Gasteiger charge is 2.32. The summed E-state index contributed by atoms with van der Waals surface area (Å²) in [6, 6.07) is -0.0475. The Balaban J connectivity index is 2.25. The maximum absolute atomic E-state index is 12.2. The van der Waals surface area contributed by atoms with Crippen LogP contribution in [0.2, 0.25) is 0 Å². The van der Waals surface area contributed by atoms with Gasteiger partial charge in [-0.05, 0) is 26.7 Å². The van der Waals surface area contributed by atoms with Gasteiger partial charge in [-0.2, -0.15) is 0 Å². The fourth-order valence-electron chi connectivity index (χ4n) is 2.16. The third-order valence-corrected chi connectivity index (χ3v) is 5.80. The van der Waals surface area contributed by atoms with Gasteiger partial charge < -0.3 is 4.52 Å². The molecule has 1 heterocycles. The van der Waals surface area contributed by atoms with Crippen molar-refractivity contribution < 1.29 is 12.9 Å². The summed E-state index contributed by atoms with van der Waals surface area (Å²) in [5.74, 6) is 0.333. The minimum atomic E-state index is -3.53. The number of rotatable bonds is 3. The van der Waals surface area contributed by atoms with Gasteiger partial charge in [0.15, 0.2) is 5.76 Å². The van der Waals surface area contributed by atoms with Gasteiger partial charge >= 0.3 is 0 Å². The Bertz CT molecular complexity index is 492. The van der Waals surface area contributed by atoms with Crippen LogP contribution in [-0.4, -0.2) is 24.4 Å². The molecule has 0 spiro atoms. The first-order valence-corrected chi connectivity index (χ1v) is 7.91. The van der Waals surface area contributed by atoms with E-state index in [1.165, 1.54) is 0 Å². The van der Waals surface area contributed by atoms with E-state index in [0.29, 0.717) is 11.5 Å². The lowest BCUT2D eigenvalue weighted by atomic mass is 10.3. The number of alkyl halides is 1. The van der Waals surface area contributed by atoms with Crippen molar-refractivity contribution in [1.82, 2.24) is 9.88 Å². The molecule has 1 aromatic rings. The number of halogens is 1. The topological polar surface area (TPSA) is 72.2 Å². The van der Waals surface area contributed by atoms with Crippen LogP contribution in [0.25, 0.3) is 0 Å². The van der Waals surface area contributed by atoms with Gasteiger partial charge in [0, 0.05) is 10.9 Å². The first-order chi connectivity index (χ1) is 7.92. The fraction of sp³-hybridized carbons (Fsp3) is 0.700. The Morgan fingerprint density at radius 3 is 2.59 bits per heavy atom. The zero-order chi connectivity index (χ0) is 12.6. The number of hydrogen-bond acceptors (Lipinski definition) is 4. The molecule has 0 aliphatic heterocycles. The summed E-state index contributed by atoms with van der Waals surface area (Å²) >= 11 is 3.49. The van der Waals surface area contributed by atoms with E-state index < -0.39 is 10.0 Å². The van der Waals surface area contributed by atoms with Crippen LogP contribution in [0.15, 0.2) is 9.42 Å². The summed E-state index contributed by atoms with van der Waals surface area (Å²) in [4.78, 5) is 0.377. The van der Waals surface area contributed by atoms with Gasteiger partial charge in [0.05, 0.1) is 0 Å². The Kier molecular flexibility index (Phi) is 3.61. The number of hydrogen-bond donors (Lipinski definition) is 1. The third-order valence-electron chi connectivity index (χ3n) is 2.97. The highest BCUT2D eigenvalue weighted by molar-refractivity contribution is 9.09. The summed E-state index contributed by atoms with van der Waals surface area (Å²) in [5.41, 5.74) is 0.402. The lowest BCUT2D eigenvalue weighted by molar-refractivity contribution is 0.390. The zero-order valence-corrected chi connectivity index (χ0v) is 12.1. The first kappa shape index (κ1) is 13.0. The summed E-state index contributed by atoms with van der Waals surface area (Å²) < 4.78 is 32.0. The van der Waals surface area contributed by atoms with Crippen molar-refractivity contribution in [1.29, 1.82) is 0 Å². The van der Waals surface area contributed by atoms with E-state index in [1.54, 1.807) is 13.8 Å². The van der Waals surface area contributed by atoms with Crippen LogP contribution in [0, 0.1) is 13.8 Å². The van der Waals surface area contributed by atoms with Gasteiger partial charge in [0.25, 0.3) is 0 Å². The van der Waals surface area contributed by atoms with Crippen molar-refractivity contribution >= 4 is 26.0 Å². The number of aromatic nitrogens is 1. The summed E-state index contributed by atoms with van der Waals surface area (Å²) in [7, 11) is -3.53. The molecule has 1 saturated carbocycles. The van der Waals surface area contributed by atoms with Crippen LogP contribution in [0.3, 0.4) is 0 Å². The maximum atomic E-state index is 12.2. The molecule has 2 unspecified atom stereocenters. The van der Waals surface area contributed by atoms with Gasteiger partial charge in [-0.1, -0.05) is 27.5 Å². The lowest BCUT2D eigenvalue weighted by Crippen LogP contribution is -2.38. The molecule has 2 atom stereocenters. The Morgan fingerprint density at radius 1 is 1.41 bits per heavy atom. The molecule has 1 fully saturated rings. The maximum Gasteiger partial charge on any atom is 0.246 e. The fourth-order valence-corrected chi connectivity index (χ4v) is 4.70. The van der Waals surface area contributed by atoms with Crippen LogP contribution in [0.4, 0.5) is 0 Å². The molecule has 0 radical (unpaired) electrons. The molecule has 1 aliphatic rings. The number of nitrogens with zero attached hydrogens (tertiary/aromatic N) is 1.